The van der Waals surface area contributed by atoms with Gasteiger partial charge >= 0.3 is 18.2 Å². The van der Waals surface area contributed by atoms with Crippen molar-refractivity contribution in [3.8, 4) is 11.1 Å². The van der Waals surface area contributed by atoms with Crippen LogP contribution in [-0.2, 0) is 15.7 Å². The van der Waals surface area contributed by atoms with Gasteiger partial charge in [-0.15, -0.1) is 0 Å². The van der Waals surface area contributed by atoms with Gasteiger partial charge in [-0.2, -0.15) is 13.2 Å². The summed E-state index contributed by atoms with van der Waals surface area (Å²) in [5.41, 5.74) is 1.87. The molecule has 0 spiro atoms. The molecule has 3 aromatic rings. The Morgan fingerprint density at radius 3 is 1.97 bits per heavy atom. The lowest BCUT2D eigenvalue weighted by atomic mass is 9.75. The standard InChI is InChI=1S/C29H27F3N2O4/c1-38-27(36)25-8-3-2-7-24(25)26(35)20-11-9-18(10-12-20)19-13-15-22(16-14-19)33-28(37)34-23-6-4-5-21(17-23)29(30,31)32/h4-6,9-17,24-25H,2-3,7-8H2,1H3,(H2,33,34,37). The van der Waals surface area contributed by atoms with Crippen molar-refractivity contribution in [1.29, 1.82) is 0 Å². The van der Waals surface area contributed by atoms with Gasteiger partial charge in [-0.25, -0.2) is 4.79 Å². The zero-order valence-corrected chi connectivity index (χ0v) is 20.7. The predicted molar refractivity (Wildman–Crippen MR) is 138 cm³/mol. The summed E-state index contributed by atoms with van der Waals surface area (Å²) in [6, 6.07) is 17.8. The molecule has 3 aromatic carbocycles. The highest BCUT2D eigenvalue weighted by atomic mass is 19.4. The fraction of sp³-hybridized carbons (Fsp3) is 0.276. The van der Waals surface area contributed by atoms with Crippen molar-refractivity contribution in [3.63, 3.8) is 0 Å². The van der Waals surface area contributed by atoms with Crippen molar-refractivity contribution < 1.29 is 32.3 Å². The van der Waals surface area contributed by atoms with Crippen LogP contribution >= 0.6 is 0 Å². The first-order valence-electron chi connectivity index (χ1n) is 12.2. The molecule has 2 N–H and O–H groups in total. The molecule has 1 fully saturated rings. The number of hydrogen-bond acceptors (Lipinski definition) is 4. The second-order valence-electron chi connectivity index (χ2n) is 9.20. The number of hydrogen-bond donors (Lipinski definition) is 2. The Kier molecular flexibility index (Phi) is 8.14. The first kappa shape index (κ1) is 26.9. The van der Waals surface area contributed by atoms with E-state index in [4.69, 9.17) is 4.74 Å². The monoisotopic (exact) mass is 524 g/mol. The minimum absolute atomic E-state index is 0.0229. The Bertz CT molecular complexity index is 1300. The van der Waals surface area contributed by atoms with Crippen molar-refractivity contribution in [3.05, 3.63) is 83.9 Å². The van der Waals surface area contributed by atoms with E-state index in [1.807, 2.05) is 12.1 Å². The number of carbonyl (C=O) groups excluding carboxylic acids is 3. The second-order valence-corrected chi connectivity index (χ2v) is 9.20. The Hall–Kier alpha value is -4.14. The van der Waals surface area contributed by atoms with Crippen LogP contribution in [0.3, 0.4) is 0 Å². The number of benzene rings is 3. The maximum absolute atomic E-state index is 13.1. The van der Waals surface area contributed by atoms with E-state index in [1.165, 1.54) is 19.2 Å². The van der Waals surface area contributed by atoms with Crippen LogP contribution in [0.1, 0.15) is 41.6 Å². The SMILES string of the molecule is COC(=O)C1CCCCC1C(=O)c1ccc(-c2ccc(NC(=O)Nc3cccc(C(F)(F)F)c3)cc2)cc1. The van der Waals surface area contributed by atoms with E-state index < -0.39 is 23.7 Å². The van der Waals surface area contributed by atoms with Crippen molar-refractivity contribution >= 4 is 29.2 Å². The Morgan fingerprint density at radius 1 is 0.789 bits per heavy atom. The quantitative estimate of drug-likeness (QED) is 0.264. The average Bonchev–Trinajstić information content (AvgIpc) is 2.92. The molecular formula is C29H27F3N2O4. The van der Waals surface area contributed by atoms with Crippen LogP contribution in [0.2, 0.25) is 0 Å². The van der Waals surface area contributed by atoms with Gasteiger partial charge in [0.25, 0.3) is 0 Å². The molecule has 38 heavy (non-hydrogen) atoms. The molecule has 1 aliphatic carbocycles. The number of anilines is 2. The van der Waals surface area contributed by atoms with Gasteiger partial charge in [0, 0.05) is 22.9 Å². The molecule has 1 saturated carbocycles. The van der Waals surface area contributed by atoms with Gasteiger partial charge < -0.3 is 15.4 Å². The number of amides is 2. The number of Topliss-reactive ketones (excluding diaryl/α,β-unsaturated/α-hetero) is 1. The summed E-state index contributed by atoms with van der Waals surface area (Å²) >= 11 is 0. The Balaban J connectivity index is 1.38. The summed E-state index contributed by atoms with van der Waals surface area (Å²) in [5, 5.41) is 4.99. The number of alkyl halides is 3. The van der Waals surface area contributed by atoms with E-state index in [0.29, 0.717) is 24.1 Å². The van der Waals surface area contributed by atoms with Gasteiger partial charge in [0.2, 0.25) is 0 Å². The molecule has 0 saturated heterocycles. The molecule has 0 aliphatic heterocycles. The van der Waals surface area contributed by atoms with E-state index in [1.54, 1.807) is 36.4 Å². The van der Waals surface area contributed by atoms with Gasteiger partial charge in [0.15, 0.2) is 5.78 Å². The maximum atomic E-state index is 13.1. The number of ether oxygens (including phenoxy) is 1. The van der Waals surface area contributed by atoms with Crippen molar-refractivity contribution in [2.24, 2.45) is 11.8 Å². The summed E-state index contributed by atoms with van der Waals surface area (Å²) in [4.78, 5) is 37.5. The molecule has 0 radical (unpaired) electrons. The summed E-state index contributed by atoms with van der Waals surface area (Å²) in [6.07, 6.45) is -1.38. The summed E-state index contributed by atoms with van der Waals surface area (Å²) < 4.78 is 43.5. The molecule has 1 aliphatic rings. The number of nitrogens with one attached hydrogen (secondary N) is 2. The molecule has 6 nitrogen and oxygen atoms in total. The van der Waals surface area contributed by atoms with Gasteiger partial charge in [0.05, 0.1) is 18.6 Å². The lowest BCUT2D eigenvalue weighted by Gasteiger charge is -2.28. The number of esters is 1. The maximum Gasteiger partial charge on any atom is 0.416 e. The van der Waals surface area contributed by atoms with Gasteiger partial charge in [-0.3, -0.25) is 9.59 Å². The molecule has 198 valence electrons. The summed E-state index contributed by atoms with van der Waals surface area (Å²) in [6.45, 7) is 0. The van der Waals surface area contributed by atoms with Crippen LogP contribution in [0.15, 0.2) is 72.8 Å². The van der Waals surface area contributed by atoms with Crippen LogP contribution in [0.5, 0.6) is 0 Å². The Labute approximate surface area is 218 Å². The smallest absolute Gasteiger partial charge is 0.416 e. The lowest BCUT2D eigenvalue weighted by Crippen LogP contribution is -2.33. The molecule has 2 unspecified atom stereocenters. The molecule has 0 aromatic heterocycles. The largest absolute Gasteiger partial charge is 0.469 e. The number of halogens is 3. The van der Waals surface area contributed by atoms with E-state index in [-0.39, 0.29) is 23.4 Å². The number of methoxy groups -OCH3 is 1. The predicted octanol–water partition coefficient (Wildman–Crippen LogP) is 7.18. The van der Waals surface area contributed by atoms with Crippen molar-refractivity contribution in [2.75, 3.05) is 17.7 Å². The van der Waals surface area contributed by atoms with E-state index >= 15 is 0 Å². The molecule has 0 bridgehead atoms. The minimum Gasteiger partial charge on any atom is -0.469 e. The summed E-state index contributed by atoms with van der Waals surface area (Å²) in [7, 11) is 1.34. The second kappa shape index (κ2) is 11.5. The molecule has 4 rings (SSSR count). The van der Waals surface area contributed by atoms with Crippen LogP contribution in [0.4, 0.5) is 29.3 Å². The van der Waals surface area contributed by atoms with Crippen LogP contribution in [0, 0.1) is 11.8 Å². The van der Waals surface area contributed by atoms with Gasteiger partial charge in [-0.05, 0) is 54.3 Å². The zero-order valence-electron chi connectivity index (χ0n) is 20.7. The average molecular weight is 525 g/mol. The number of carbonyl (C=O) groups is 3. The molecule has 2 amide bonds. The highest BCUT2D eigenvalue weighted by Gasteiger charge is 2.36. The highest BCUT2D eigenvalue weighted by Crippen LogP contribution is 2.34. The lowest BCUT2D eigenvalue weighted by molar-refractivity contribution is -0.148. The normalized spacial score (nSPS) is 17.4. The van der Waals surface area contributed by atoms with Crippen molar-refractivity contribution in [2.45, 2.75) is 31.9 Å². The third-order valence-electron chi connectivity index (χ3n) is 6.70. The fourth-order valence-corrected chi connectivity index (χ4v) is 4.73. The van der Waals surface area contributed by atoms with E-state index in [9.17, 15) is 27.6 Å². The van der Waals surface area contributed by atoms with Crippen LogP contribution in [-0.4, -0.2) is 24.9 Å². The van der Waals surface area contributed by atoms with Gasteiger partial charge in [0.1, 0.15) is 0 Å². The van der Waals surface area contributed by atoms with Crippen LogP contribution in [0.25, 0.3) is 11.1 Å². The highest BCUT2D eigenvalue weighted by molar-refractivity contribution is 6.01. The Morgan fingerprint density at radius 2 is 1.37 bits per heavy atom. The molecule has 9 heteroatoms. The molecule has 0 heterocycles. The van der Waals surface area contributed by atoms with Gasteiger partial charge in [-0.1, -0.05) is 55.3 Å². The fourth-order valence-electron chi connectivity index (χ4n) is 4.73. The van der Waals surface area contributed by atoms with E-state index in [2.05, 4.69) is 10.6 Å². The number of urea groups is 1. The first-order chi connectivity index (χ1) is 18.2. The van der Waals surface area contributed by atoms with E-state index in [0.717, 1.165) is 36.1 Å². The topological polar surface area (TPSA) is 84.5 Å². The number of rotatable bonds is 6. The zero-order chi connectivity index (χ0) is 27.3. The minimum atomic E-state index is -4.50. The van der Waals surface area contributed by atoms with Crippen LogP contribution < -0.4 is 10.6 Å². The molecular weight excluding hydrogens is 497 g/mol. The third kappa shape index (κ3) is 6.40. The summed E-state index contributed by atoms with van der Waals surface area (Å²) in [5.74, 6) is -1.18. The molecule has 2 atom stereocenters. The third-order valence-corrected chi connectivity index (χ3v) is 6.70. The number of ketones is 1. The first-order valence-corrected chi connectivity index (χ1v) is 12.2. The van der Waals surface area contributed by atoms with Crippen molar-refractivity contribution in [1.82, 2.24) is 0 Å².